The molecule has 90 valence electrons. The van der Waals surface area contributed by atoms with Gasteiger partial charge in [-0.2, -0.15) is 0 Å². The normalized spacial score (nSPS) is 12.7. The van der Waals surface area contributed by atoms with Crippen molar-refractivity contribution in [3.63, 3.8) is 0 Å². The average molecular weight is 214 g/mol. The van der Waals surface area contributed by atoms with Crippen LogP contribution in [0.15, 0.2) is 0 Å². The number of hydrogen-bond acceptors (Lipinski definition) is 2. The van der Waals surface area contributed by atoms with E-state index in [1.54, 1.807) is 13.8 Å². The molecule has 0 aromatic heterocycles. The van der Waals surface area contributed by atoms with Crippen LogP contribution in [0.5, 0.6) is 0 Å². The predicted octanol–water partition coefficient (Wildman–Crippen LogP) is 2.06. The van der Waals surface area contributed by atoms with E-state index >= 15 is 0 Å². The maximum atomic E-state index is 11.4. The number of rotatable bonds is 5. The molecule has 0 aromatic rings. The molecule has 0 unspecified atom stereocenters. The van der Waals surface area contributed by atoms with Gasteiger partial charge in [0.25, 0.3) is 0 Å². The Labute approximate surface area is 93.8 Å². The van der Waals surface area contributed by atoms with Gasteiger partial charge in [-0.25, -0.2) is 0 Å². The first-order chi connectivity index (χ1) is 6.63. The van der Waals surface area contributed by atoms with Gasteiger partial charge in [0.1, 0.15) is 0 Å². The fourth-order valence-electron chi connectivity index (χ4n) is 1.21. The van der Waals surface area contributed by atoms with E-state index < -0.39 is 5.54 Å². The Bertz CT molecular complexity index is 199. The Morgan fingerprint density at radius 1 is 1.13 bits per heavy atom. The maximum absolute atomic E-state index is 11.4. The van der Waals surface area contributed by atoms with Crippen LogP contribution in [-0.2, 0) is 4.79 Å². The molecule has 3 nitrogen and oxygen atoms in total. The molecule has 1 amide bonds. The first-order valence-electron chi connectivity index (χ1n) is 5.70. The Morgan fingerprint density at radius 3 is 2.07 bits per heavy atom. The largest absolute Gasteiger partial charge is 0.355 e. The summed E-state index contributed by atoms with van der Waals surface area (Å²) in [6.45, 7) is 10.9. The summed E-state index contributed by atoms with van der Waals surface area (Å²) in [7, 11) is 0. The zero-order valence-corrected chi connectivity index (χ0v) is 10.8. The minimum absolute atomic E-state index is 0.0711. The topological polar surface area (TPSA) is 55.1 Å². The second-order valence-electron chi connectivity index (χ2n) is 6.00. The van der Waals surface area contributed by atoms with Crippen molar-refractivity contribution in [2.45, 2.75) is 59.4 Å². The van der Waals surface area contributed by atoms with Gasteiger partial charge in [-0.05, 0) is 32.1 Å². The summed E-state index contributed by atoms with van der Waals surface area (Å²) in [5, 5.41) is 2.84. The molecule has 0 spiro atoms. The van der Waals surface area contributed by atoms with E-state index in [-0.39, 0.29) is 5.91 Å². The summed E-state index contributed by atoms with van der Waals surface area (Å²) < 4.78 is 0. The van der Waals surface area contributed by atoms with Gasteiger partial charge in [-0.3, -0.25) is 4.79 Å². The van der Waals surface area contributed by atoms with E-state index in [0.717, 1.165) is 19.4 Å². The molecule has 0 atom stereocenters. The van der Waals surface area contributed by atoms with Gasteiger partial charge in [0, 0.05) is 6.54 Å². The van der Waals surface area contributed by atoms with Gasteiger partial charge in [-0.15, -0.1) is 0 Å². The molecule has 0 heterocycles. The van der Waals surface area contributed by atoms with Crippen molar-refractivity contribution in [2.75, 3.05) is 6.54 Å². The van der Waals surface area contributed by atoms with Crippen LogP contribution in [0.25, 0.3) is 0 Å². The zero-order chi connectivity index (χ0) is 12.1. The molecule has 0 bridgehead atoms. The lowest BCUT2D eigenvalue weighted by Crippen LogP contribution is -2.49. The number of carbonyl (C=O) groups is 1. The van der Waals surface area contributed by atoms with Gasteiger partial charge in [0.2, 0.25) is 5.91 Å². The highest BCUT2D eigenvalue weighted by Gasteiger charge is 2.20. The molecule has 0 aliphatic heterocycles. The summed E-state index contributed by atoms with van der Waals surface area (Å²) in [4.78, 5) is 11.4. The van der Waals surface area contributed by atoms with Crippen molar-refractivity contribution < 1.29 is 4.79 Å². The Hall–Kier alpha value is -0.570. The Balaban J connectivity index is 3.53. The van der Waals surface area contributed by atoms with Gasteiger partial charge in [0.05, 0.1) is 5.54 Å². The van der Waals surface area contributed by atoms with Crippen LogP contribution >= 0.6 is 0 Å². The predicted molar refractivity (Wildman–Crippen MR) is 64.6 cm³/mol. The molecule has 0 aliphatic carbocycles. The number of nitrogens with two attached hydrogens (primary N) is 1. The van der Waals surface area contributed by atoms with E-state index in [1.165, 1.54) is 6.42 Å². The highest BCUT2D eigenvalue weighted by molar-refractivity contribution is 5.84. The quantitative estimate of drug-likeness (QED) is 0.688. The molecule has 0 fully saturated rings. The first kappa shape index (κ1) is 14.4. The number of carbonyl (C=O) groups excluding carboxylic acids is 1. The van der Waals surface area contributed by atoms with Crippen molar-refractivity contribution in [2.24, 2.45) is 11.1 Å². The molecular formula is C12H26N2O. The van der Waals surface area contributed by atoms with Gasteiger partial charge >= 0.3 is 0 Å². The van der Waals surface area contributed by atoms with E-state index in [4.69, 9.17) is 5.73 Å². The van der Waals surface area contributed by atoms with Crippen LogP contribution < -0.4 is 11.1 Å². The Morgan fingerprint density at radius 2 is 1.67 bits per heavy atom. The smallest absolute Gasteiger partial charge is 0.239 e. The number of hydrogen-bond donors (Lipinski definition) is 2. The molecule has 0 saturated heterocycles. The molecule has 15 heavy (non-hydrogen) atoms. The molecule has 0 radical (unpaired) electrons. The maximum Gasteiger partial charge on any atom is 0.239 e. The van der Waals surface area contributed by atoms with E-state index in [9.17, 15) is 4.79 Å². The highest BCUT2D eigenvalue weighted by Crippen LogP contribution is 2.21. The molecule has 0 aromatic carbocycles. The Kier molecular flexibility index (Phi) is 5.29. The standard InChI is InChI=1S/C12H26N2O/c1-11(2,3)8-6-7-9-14-10(15)12(4,5)13/h6-9,13H2,1-5H3,(H,14,15). The van der Waals surface area contributed by atoms with Crippen LogP contribution in [0.4, 0.5) is 0 Å². The zero-order valence-electron chi connectivity index (χ0n) is 10.8. The molecular weight excluding hydrogens is 188 g/mol. The van der Waals surface area contributed by atoms with Crippen molar-refractivity contribution in [1.29, 1.82) is 0 Å². The summed E-state index contributed by atoms with van der Waals surface area (Å²) in [5.41, 5.74) is 5.28. The monoisotopic (exact) mass is 214 g/mol. The van der Waals surface area contributed by atoms with Crippen molar-refractivity contribution >= 4 is 5.91 Å². The molecule has 0 rings (SSSR count). The number of nitrogens with one attached hydrogen (secondary N) is 1. The van der Waals surface area contributed by atoms with Crippen LogP contribution in [-0.4, -0.2) is 18.0 Å². The van der Waals surface area contributed by atoms with E-state index in [1.807, 2.05) is 0 Å². The van der Waals surface area contributed by atoms with Crippen LogP contribution in [0.1, 0.15) is 53.9 Å². The number of amides is 1. The van der Waals surface area contributed by atoms with Gasteiger partial charge < -0.3 is 11.1 Å². The summed E-state index contributed by atoms with van der Waals surface area (Å²) in [5.74, 6) is -0.0711. The lowest BCUT2D eigenvalue weighted by Gasteiger charge is -2.19. The first-order valence-corrected chi connectivity index (χ1v) is 5.70. The highest BCUT2D eigenvalue weighted by atomic mass is 16.2. The summed E-state index contributed by atoms with van der Waals surface area (Å²) in [6.07, 6.45) is 3.36. The minimum Gasteiger partial charge on any atom is -0.355 e. The SMILES string of the molecule is CC(C)(C)CCCCNC(=O)C(C)(C)N. The number of unbranched alkanes of at least 4 members (excludes halogenated alkanes) is 1. The molecule has 3 N–H and O–H groups in total. The third-order valence-electron chi connectivity index (χ3n) is 2.22. The summed E-state index contributed by atoms with van der Waals surface area (Å²) >= 11 is 0. The van der Waals surface area contributed by atoms with Gasteiger partial charge in [-0.1, -0.05) is 27.2 Å². The lowest BCUT2D eigenvalue weighted by atomic mass is 9.90. The minimum atomic E-state index is -0.760. The van der Waals surface area contributed by atoms with Gasteiger partial charge in [0.15, 0.2) is 0 Å². The van der Waals surface area contributed by atoms with Crippen molar-refractivity contribution in [3.05, 3.63) is 0 Å². The molecule has 0 saturated carbocycles. The third-order valence-corrected chi connectivity index (χ3v) is 2.22. The van der Waals surface area contributed by atoms with Crippen molar-refractivity contribution in [3.8, 4) is 0 Å². The fourth-order valence-corrected chi connectivity index (χ4v) is 1.21. The van der Waals surface area contributed by atoms with E-state index in [2.05, 4.69) is 26.1 Å². The molecule has 3 heteroatoms. The second kappa shape index (κ2) is 5.50. The third kappa shape index (κ3) is 8.43. The van der Waals surface area contributed by atoms with Crippen LogP contribution in [0.3, 0.4) is 0 Å². The van der Waals surface area contributed by atoms with E-state index in [0.29, 0.717) is 5.41 Å². The van der Waals surface area contributed by atoms with Crippen LogP contribution in [0.2, 0.25) is 0 Å². The second-order valence-corrected chi connectivity index (χ2v) is 6.00. The lowest BCUT2D eigenvalue weighted by molar-refractivity contribution is -0.125. The average Bonchev–Trinajstić information content (AvgIpc) is 1.99. The summed E-state index contributed by atoms with van der Waals surface area (Å²) in [6, 6.07) is 0. The fraction of sp³-hybridized carbons (Fsp3) is 0.917. The van der Waals surface area contributed by atoms with Crippen LogP contribution in [0, 0.1) is 5.41 Å². The van der Waals surface area contributed by atoms with Crippen molar-refractivity contribution in [1.82, 2.24) is 5.32 Å². The molecule has 0 aliphatic rings.